The second-order valence-electron chi connectivity index (χ2n) is 1.81. The summed E-state index contributed by atoms with van der Waals surface area (Å²) in [6.07, 6.45) is 1.06. The Morgan fingerprint density at radius 3 is 3.00 bits per heavy atom. The van der Waals surface area contributed by atoms with Crippen LogP contribution in [0.15, 0.2) is 12.3 Å². The Morgan fingerprint density at radius 1 is 1.64 bits per heavy atom. The van der Waals surface area contributed by atoms with Crippen molar-refractivity contribution in [3.63, 3.8) is 0 Å². The van der Waals surface area contributed by atoms with Gasteiger partial charge in [0.1, 0.15) is 11.6 Å². The first-order valence-electron chi connectivity index (χ1n) is 2.76. The van der Waals surface area contributed by atoms with E-state index in [1.807, 2.05) is 22.6 Å². The second-order valence-corrected chi connectivity index (χ2v) is 2.35. The number of anilines is 1. The van der Waals surface area contributed by atoms with Gasteiger partial charge in [0, 0.05) is 22.6 Å². The fourth-order valence-corrected chi connectivity index (χ4v) is 0.891. The average molecular weight is 262 g/mol. The number of nitrogens with two attached hydrogens (primary N) is 1. The van der Waals surface area contributed by atoms with E-state index in [4.69, 9.17) is 5.73 Å². The Labute approximate surface area is 77.1 Å². The molecular formula is C7H4FIN2. The van der Waals surface area contributed by atoms with Gasteiger partial charge in [-0.3, -0.25) is 0 Å². The maximum atomic E-state index is 12.5. The summed E-state index contributed by atoms with van der Waals surface area (Å²) >= 11 is 1.85. The monoisotopic (exact) mass is 262 g/mol. The maximum absolute atomic E-state index is 12.5. The van der Waals surface area contributed by atoms with Crippen LogP contribution in [0.3, 0.4) is 0 Å². The van der Waals surface area contributed by atoms with E-state index in [9.17, 15) is 4.39 Å². The summed E-state index contributed by atoms with van der Waals surface area (Å²) in [6.45, 7) is 0. The zero-order chi connectivity index (χ0) is 8.27. The van der Waals surface area contributed by atoms with Crippen LogP contribution < -0.4 is 5.73 Å². The molecule has 0 fully saturated rings. The van der Waals surface area contributed by atoms with E-state index in [1.165, 1.54) is 6.07 Å². The smallest absolute Gasteiger partial charge is 0.142 e. The highest BCUT2D eigenvalue weighted by Gasteiger charge is 1.97. The van der Waals surface area contributed by atoms with Crippen LogP contribution in [0, 0.1) is 15.7 Å². The molecule has 1 aromatic heterocycles. The van der Waals surface area contributed by atoms with Crippen LogP contribution in [-0.2, 0) is 0 Å². The van der Waals surface area contributed by atoms with Gasteiger partial charge in [0.15, 0.2) is 0 Å². The highest BCUT2D eigenvalue weighted by Crippen LogP contribution is 2.07. The molecule has 2 nitrogen and oxygen atoms in total. The zero-order valence-corrected chi connectivity index (χ0v) is 7.59. The Kier molecular flexibility index (Phi) is 2.65. The summed E-state index contributed by atoms with van der Waals surface area (Å²) in [5.41, 5.74) is 5.82. The van der Waals surface area contributed by atoms with Gasteiger partial charge in [0.25, 0.3) is 0 Å². The van der Waals surface area contributed by atoms with E-state index in [2.05, 4.69) is 14.8 Å². The largest absolute Gasteiger partial charge is 0.383 e. The van der Waals surface area contributed by atoms with E-state index >= 15 is 0 Å². The second kappa shape index (κ2) is 3.53. The fraction of sp³-hybridized carbons (Fsp3) is 0. The number of nitrogen functional groups attached to an aromatic ring is 1. The maximum Gasteiger partial charge on any atom is 0.142 e. The number of pyridine rings is 1. The summed E-state index contributed by atoms with van der Waals surface area (Å²) in [7, 11) is 0. The molecule has 0 atom stereocenters. The van der Waals surface area contributed by atoms with Crippen LogP contribution in [-0.4, -0.2) is 4.98 Å². The molecule has 11 heavy (non-hydrogen) atoms. The SMILES string of the molecule is Nc1ncc(F)cc1C#CI. The van der Waals surface area contributed by atoms with Crippen LogP contribution in [0.2, 0.25) is 0 Å². The highest BCUT2D eigenvalue weighted by atomic mass is 127. The van der Waals surface area contributed by atoms with Gasteiger partial charge in [-0.05, 0) is 9.99 Å². The number of halogens is 2. The molecule has 0 spiro atoms. The van der Waals surface area contributed by atoms with E-state index in [-0.39, 0.29) is 5.82 Å². The lowest BCUT2D eigenvalue weighted by Gasteiger charge is -1.94. The summed E-state index contributed by atoms with van der Waals surface area (Å²) in [4.78, 5) is 3.59. The Morgan fingerprint density at radius 2 is 2.36 bits per heavy atom. The molecule has 56 valence electrons. The van der Waals surface area contributed by atoms with Gasteiger partial charge in [-0.25, -0.2) is 9.37 Å². The van der Waals surface area contributed by atoms with Crippen LogP contribution in [0.1, 0.15) is 5.56 Å². The lowest BCUT2D eigenvalue weighted by molar-refractivity contribution is 0.621. The van der Waals surface area contributed by atoms with E-state index in [0.29, 0.717) is 5.56 Å². The first kappa shape index (κ1) is 8.27. The number of hydrogen-bond acceptors (Lipinski definition) is 2. The number of hydrogen-bond donors (Lipinski definition) is 1. The Bertz CT molecular complexity index is 327. The van der Waals surface area contributed by atoms with E-state index in [1.54, 1.807) is 0 Å². The van der Waals surface area contributed by atoms with Gasteiger partial charge >= 0.3 is 0 Å². The van der Waals surface area contributed by atoms with Gasteiger partial charge in [-0.1, -0.05) is 5.92 Å². The molecule has 0 amide bonds. The minimum absolute atomic E-state index is 0.260. The van der Waals surface area contributed by atoms with Gasteiger partial charge in [0.2, 0.25) is 0 Å². The van der Waals surface area contributed by atoms with Gasteiger partial charge in [-0.2, -0.15) is 0 Å². The third-order valence-electron chi connectivity index (χ3n) is 1.07. The molecule has 1 aromatic rings. The van der Waals surface area contributed by atoms with Crippen LogP contribution in [0.5, 0.6) is 0 Å². The van der Waals surface area contributed by atoms with E-state index < -0.39 is 5.82 Å². The molecule has 0 bridgehead atoms. The molecule has 4 heteroatoms. The van der Waals surface area contributed by atoms with Crippen molar-refractivity contribution in [3.05, 3.63) is 23.6 Å². The summed E-state index contributed by atoms with van der Waals surface area (Å²) < 4.78 is 15.1. The highest BCUT2D eigenvalue weighted by molar-refractivity contribution is 14.1. The summed E-state index contributed by atoms with van der Waals surface area (Å²) in [5.74, 6) is 2.46. The number of aromatic nitrogens is 1. The average Bonchev–Trinajstić information content (AvgIpc) is 1.98. The molecule has 1 heterocycles. The molecular weight excluding hydrogens is 258 g/mol. The molecule has 0 saturated carbocycles. The quantitative estimate of drug-likeness (QED) is 0.569. The molecule has 1 rings (SSSR count). The third kappa shape index (κ3) is 2.05. The molecule has 0 aliphatic carbocycles. The molecule has 0 unspecified atom stereocenters. The topological polar surface area (TPSA) is 38.9 Å². The summed E-state index contributed by atoms with van der Waals surface area (Å²) in [5, 5.41) is 0. The zero-order valence-electron chi connectivity index (χ0n) is 5.44. The van der Waals surface area contributed by atoms with Crippen molar-refractivity contribution in [1.29, 1.82) is 0 Å². The van der Waals surface area contributed by atoms with Crippen molar-refractivity contribution in [3.8, 4) is 9.85 Å². The fourth-order valence-electron chi connectivity index (χ4n) is 0.601. The predicted octanol–water partition coefficient (Wildman–Crippen LogP) is 1.55. The summed E-state index contributed by atoms with van der Waals surface area (Å²) in [6, 6.07) is 1.26. The van der Waals surface area contributed by atoms with Gasteiger partial charge in [0.05, 0.1) is 11.8 Å². The van der Waals surface area contributed by atoms with Crippen LogP contribution in [0.4, 0.5) is 10.2 Å². The number of nitrogens with zero attached hydrogens (tertiary/aromatic N) is 1. The molecule has 2 N–H and O–H groups in total. The normalized spacial score (nSPS) is 8.55. The first-order chi connectivity index (χ1) is 5.24. The van der Waals surface area contributed by atoms with Crippen LogP contribution >= 0.6 is 22.6 Å². The minimum atomic E-state index is -0.423. The number of rotatable bonds is 0. The molecule has 0 aliphatic heterocycles. The molecule has 0 saturated heterocycles. The van der Waals surface area contributed by atoms with Crippen molar-refractivity contribution >= 4 is 28.4 Å². The van der Waals surface area contributed by atoms with E-state index in [0.717, 1.165) is 6.20 Å². The standard InChI is InChI=1S/C7H4FIN2/c8-6-3-5(1-2-9)7(10)11-4-6/h3-4H,(H2,10,11). The van der Waals surface area contributed by atoms with Crippen molar-refractivity contribution in [2.24, 2.45) is 0 Å². The van der Waals surface area contributed by atoms with Gasteiger partial charge in [-0.15, -0.1) is 0 Å². The predicted molar refractivity (Wildman–Crippen MR) is 49.5 cm³/mol. The molecule has 0 aromatic carbocycles. The lowest BCUT2D eigenvalue weighted by Crippen LogP contribution is -1.94. The van der Waals surface area contributed by atoms with Crippen molar-refractivity contribution in [2.75, 3.05) is 5.73 Å². The Balaban J connectivity index is 3.19. The minimum Gasteiger partial charge on any atom is -0.383 e. The van der Waals surface area contributed by atoms with Crippen LogP contribution in [0.25, 0.3) is 0 Å². The van der Waals surface area contributed by atoms with Crippen molar-refractivity contribution in [2.45, 2.75) is 0 Å². The van der Waals surface area contributed by atoms with Gasteiger partial charge < -0.3 is 5.73 Å². The lowest BCUT2D eigenvalue weighted by atomic mass is 10.3. The van der Waals surface area contributed by atoms with Crippen molar-refractivity contribution < 1.29 is 4.39 Å². The molecule has 0 aliphatic rings. The van der Waals surface area contributed by atoms with Crippen molar-refractivity contribution in [1.82, 2.24) is 4.98 Å². The molecule has 0 radical (unpaired) electrons. The first-order valence-corrected chi connectivity index (χ1v) is 3.84. The Hall–Kier alpha value is -0.830. The third-order valence-corrected chi connectivity index (χ3v) is 1.34.